The predicted molar refractivity (Wildman–Crippen MR) is 85.0 cm³/mol. The number of hydrogen-bond acceptors (Lipinski definition) is 3. The molecule has 0 aromatic rings. The molecule has 0 unspecified atom stereocenters. The van der Waals surface area contributed by atoms with Crippen LogP contribution in [0.5, 0.6) is 0 Å². The molecule has 0 aromatic carbocycles. The van der Waals surface area contributed by atoms with Crippen molar-refractivity contribution >= 4 is 5.91 Å². The third-order valence-electron chi connectivity index (χ3n) is 5.27. The standard InChI is InChI=1S/C17H30N2O2/c1-3-8-17(14-20)9-5-10-19(13-17)16(21)15-6-11-18(4-2)12-7-15/h3,15,20H,1,4-14H2,2H3/t17-/m1/s1. The Balaban J connectivity index is 1.94. The normalized spacial score (nSPS) is 28.6. The van der Waals surface area contributed by atoms with Gasteiger partial charge in [0, 0.05) is 24.4 Å². The molecule has 4 nitrogen and oxygen atoms in total. The Bertz CT molecular complexity index is 364. The van der Waals surface area contributed by atoms with Crippen molar-refractivity contribution in [3.8, 4) is 0 Å². The van der Waals surface area contributed by atoms with Crippen molar-refractivity contribution in [3.63, 3.8) is 0 Å². The molecule has 0 aliphatic carbocycles. The number of allylic oxidation sites excluding steroid dienone is 1. The van der Waals surface area contributed by atoms with Gasteiger partial charge in [0.15, 0.2) is 0 Å². The van der Waals surface area contributed by atoms with Gasteiger partial charge in [-0.3, -0.25) is 4.79 Å². The Morgan fingerprint density at radius 3 is 2.67 bits per heavy atom. The van der Waals surface area contributed by atoms with Gasteiger partial charge in [0.1, 0.15) is 0 Å². The summed E-state index contributed by atoms with van der Waals surface area (Å²) in [6.07, 6.45) is 6.63. The Kier molecular flexibility index (Phi) is 5.82. The first-order valence-electron chi connectivity index (χ1n) is 8.37. The summed E-state index contributed by atoms with van der Waals surface area (Å²) in [4.78, 5) is 17.2. The summed E-state index contributed by atoms with van der Waals surface area (Å²) < 4.78 is 0. The highest BCUT2D eigenvalue weighted by Gasteiger charge is 2.38. The number of aliphatic hydroxyl groups is 1. The lowest BCUT2D eigenvalue weighted by atomic mass is 9.77. The number of hydrogen-bond donors (Lipinski definition) is 1. The topological polar surface area (TPSA) is 43.8 Å². The highest BCUT2D eigenvalue weighted by Crippen LogP contribution is 2.34. The average molecular weight is 294 g/mol. The molecule has 120 valence electrons. The maximum atomic E-state index is 12.8. The molecule has 0 spiro atoms. The zero-order valence-corrected chi connectivity index (χ0v) is 13.4. The van der Waals surface area contributed by atoms with E-state index in [4.69, 9.17) is 0 Å². The molecule has 0 radical (unpaired) electrons. The van der Waals surface area contributed by atoms with Crippen molar-refractivity contribution in [3.05, 3.63) is 12.7 Å². The number of piperidine rings is 2. The molecular formula is C17H30N2O2. The fourth-order valence-corrected chi connectivity index (χ4v) is 3.82. The van der Waals surface area contributed by atoms with Crippen molar-refractivity contribution in [2.24, 2.45) is 11.3 Å². The Hall–Kier alpha value is -0.870. The summed E-state index contributed by atoms with van der Waals surface area (Å²) in [5.41, 5.74) is -0.153. The van der Waals surface area contributed by atoms with Gasteiger partial charge in [0.25, 0.3) is 0 Å². The van der Waals surface area contributed by atoms with E-state index in [-0.39, 0.29) is 17.9 Å². The number of carbonyl (C=O) groups excluding carboxylic acids is 1. The van der Waals surface area contributed by atoms with Crippen molar-refractivity contribution in [2.75, 3.05) is 39.3 Å². The first kappa shape index (κ1) is 16.5. The lowest BCUT2D eigenvalue weighted by Gasteiger charge is -2.43. The number of carbonyl (C=O) groups is 1. The van der Waals surface area contributed by atoms with Gasteiger partial charge in [-0.2, -0.15) is 0 Å². The molecule has 0 aromatic heterocycles. The molecule has 1 atom stereocenters. The summed E-state index contributed by atoms with van der Waals surface area (Å²) in [7, 11) is 0. The number of amides is 1. The molecule has 21 heavy (non-hydrogen) atoms. The minimum atomic E-state index is -0.153. The summed E-state index contributed by atoms with van der Waals surface area (Å²) in [6, 6.07) is 0. The molecule has 0 saturated carbocycles. The predicted octanol–water partition coefficient (Wildman–Crippen LogP) is 1.90. The van der Waals surface area contributed by atoms with Gasteiger partial charge in [-0.05, 0) is 51.7 Å². The first-order valence-corrected chi connectivity index (χ1v) is 8.37. The molecule has 4 heteroatoms. The summed E-state index contributed by atoms with van der Waals surface area (Å²) >= 11 is 0. The molecule has 2 rings (SSSR count). The molecule has 1 N–H and O–H groups in total. The monoisotopic (exact) mass is 294 g/mol. The van der Waals surface area contributed by atoms with Crippen molar-refractivity contribution in [1.82, 2.24) is 9.80 Å². The zero-order chi connectivity index (χ0) is 15.3. The van der Waals surface area contributed by atoms with Gasteiger partial charge in [-0.15, -0.1) is 6.58 Å². The highest BCUT2D eigenvalue weighted by molar-refractivity contribution is 5.79. The van der Waals surface area contributed by atoms with Crippen LogP contribution in [-0.2, 0) is 4.79 Å². The number of aliphatic hydroxyl groups excluding tert-OH is 1. The number of likely N-dealkylation sites (tertiary alicyclic amines) is 2. The lowest BCUT2D eigenvalue weighted by molar-refractivity contribution is -0.141. The zero-order valence-electron chi connectivity index (χ0n) is 13.4. The van der Waals surface area contributed by atoms with Crippen LogP contribution in [-0.4, -0.2) is 60.1 Å². The van der Waals surface area contributed by atoms with Gasteiger partial charge < -0.3 is 14.9 Å². The van der Waals surface area contributed by atoms with E-state index in [0.717, 1.165) is 58.3 Å². The summed E-state index contributed by atoms with van der Waals surface area (Å²) in [5, 5.41) is 9.76. The highest BCUT2D eigenvalue weighted by atomic mass is 16.3. The largest absolute Gasteiger partial charge is 0.396 e. The molecule has 2 aliphatic rings. The van der Waals surface area contributed by atoms with Gasteiger partial charge >= 0.3 is 0 Å². The lowest BCUT2D eigenvalue weighted by Crippen LogP contribution is -2.50. The van der Waals surface area contributed by atoms with E-state index in [1.165, 1.54) is 0 Å². The van der Waals surface area contributed by atoms with Gasteiger partial charge in [-0.1, -0.05) is 13.0 Å². The maximum Gasteiger partial charge on any atom is 0.225 e. The first-order chi connectivity index (χ1) is 10.1. The summed E-state index contributed by atoms with van der Waals surface area (Å²) in [5.74, 6) is 0.498. The van der Waals surface area contributed by atoms with E-state index in [9.17, 15) is 9.90 Å². The Morgan fingerprint density at radius 2 is 2.10 bits per heavy atom. The van der Waals surface area contributed by atoms with Gasteiger partial charge in [0.2, 0.25) is 5.91 Å². The van der Waals surface area contributed by atoms with Gasteiger partial charge in [0.05, 0.1) is 6.61 Å². The Morgan fingerprint density at radius 1 is 1.38 bits per heavy atom. The van der Waals surface area contributed by atoms with E-state index >= 15 is 0 Å². The third-order valence-corrected chi connectivity index (χ3v) is 5.27. The van der Waals surface area contributed by atoms with Crippen LogP contribution in [0.1, 0.15) is 39.0 Å². The van der Waals surface area contributed by atoms with Crippen LogP contribution in [0.3, 0.4) is 0 Å². The average Bonchev–Trinajstić information content (AvgIpc) is 2.55. The van der Waals surface area contributed by atoms with Crippen molar-refractivity contribution in [1.29, 1.82) is 0 Å². The van der Waals surface area contributed by atoms with Crippen LogP contribution >= 0.6 is 0 Å². The summed E-state index contributed by atoms with van der Waals surface area (Å²) in [6.45, 7) is 10.8. The molecule has 0 bridgehead atoms. The molecule has 1 amide bonds. The van der Waals surface area contributed by atoms with E-state index in [1.54, 1.807) is 0 Å². The molecular weight excluding hydrogens is 264 g/mol. The van der Waals surface area contributed by atoms with Crippen molar-refractivity contribution < 1.29 is 9.90 Å². The van der Waals surface area contributed by atoms with Gasteiger partial charge in [-0.25, -0.2) is 0 Å². The second kappa shape index (κ2) is 7.41. The third kappa shape index (κ3) is 3.86. The van der Waals surface area contributed by atoms with E-state index < -0.39 is 0 Å². The minimum Gasteiger partial charge on any atom is -0.396 e. The van der Waals surface area contributed by atoms with E-state index in [0.29, 0.717) is 12.5 Å². The van der Waals surface area contributed by atoms with Crippen LogP contribution in [0.15, 0.2) is 12.7 Å². The maximum absolute atomic E-state index is 12.8. The molecule has 2 fully saturated rings. The minimum absolute atomic E-state index is 0.150. The van der Waals surface area contributed by atoms with Crippen LogP contribution < -0.4 is 0 Å². The van der Waals surface area contributed by atoms with Crippen LogP contribution in [0.2, 0.25) is 0 Å². The van der Waals surface area contributed by atoms with E-state index in [2.05, 4.69) is 18.4 Å². The second-order valence-corrected chi connectivity index (χ2v) is 6.72. The van der Waals surface area contributed by atoms with Crippen molar-refractivity contribution in [2.45, 2.75) is 39.0 Å². The number of rotatable bonds is 5. The second-order valence-electron chi connectivity index (χ2n) is 6.72. The molecule has 2 heterocycles. The number of nitrogens with zero attached hydrogens (tertiary/aromatic N) is 2. The molecule has 2 saturated heterocycles. The fraction of sp³-hybridized carbons (Fsp3) is 0.824. The quantitative estimate of drug-likeness (QED) is 0.788. The fourth-order valence-electron chi connectivity index (χ4n) is 3.82. The van der Waals surface area contributed by atoms with E-state index in [1.807, 2.05) is 11.0 Å². The van der Waals surface area contributed by atoms with Crippen LogP contribution in [0.4, 0.5) is 0 Å². The molecule has 2 aliphatic heterocycles. The SMILES string of the molecule is C=CC[C@@]1(CO)CCCN(C(=O)C2CCN(CC)CC2)C1. The Labute approximate surface area is 128 Å². The smallest absolute Gasteiger partial charge is 0.225 e. The van der Waals surface area contributed by atoms with Crippen LogP contribution in [0, 0.1) is 11.3 Å². The van der Waals surface area contributed by atoms with Crippen LogP contribution in [0.25, 0.3) is 0 Å².